The smallest absolute Gasteiger partial charge is 0.253 e. The third-order valence-corrected chi connectivity index (χ3v) is 5.92. The lowest BCUT2D eigenvalue weighted by atomic mass is 10.1. The molecule has 3 N–H and O–H groups in total. The van der Waals surface area contributed by atoms with Gasteiger partial charge in [0.15, 0.2) is 5.11 Å². The van der Waals surface area contributed by atoms with Crippen LogP contribution in [-0.4, -0.2) is 60.9 Å². The lowest BCUT2D eigenvalue weighted by molar-refractivity contribution is -0.907. The molecule has 1 aromatic heterocycles. The molecule has 0 unspecified atom stereocenters. The van der Waals surface area contributed by atoms with Crippen LogP contribution in [0.1, 0.15) is 18.1 Å². The van der Waals surface area contributed by atoms with E-state index in [1.807, 2.05) is 26.0 Å². The molecule has 1 fully saturated rings. The van der Waals surface area contributed by atoms with Crippen molar-refractivity contribution in [2.75, 3.05) is 45.9 Å². The molecule has 8 heteroatoms. The summed E-state index contributed by atoms with van der Waals surface area (Å²) < 4.78 is 5.44. The average molecular weight is 424 g/mol. The van der Waals surface area contributed by atoms with E-state index in [0.717, 1.165) is 62.4 Å². The van der Waals surface area contributed by atoms with Gasteiger partial charge in [0.1, 0.15) is 13.1 Å². The van der Waals surface area contributed by atoms with E-state index < -0.39 is 0 Å². The lowest BCUT2D eigenvalue weighted by Crippen LogP contribution is -3.14. The average Bonchev–Trinajstić information content (AvgIpc) is 2.68. The fourth-order valence-electron chi connectivity index (χ4n) is 3.43. The van der Waals surface area contributed by atoms with Crippen LogP contribution in [0.2, 0.25) is 5.02 Å². The van der Waals surface area contributed by atoms with Crippen LogP contribution >= 0.6 is 23.8 Å². The molecule has 0 aliphatic carbocycles. The first-order chi connectivity index (χ1) is 13.5. The van der Waals surface area contributed by atoms with Crippen molar-refractivity contribution < 1.29 is 9.64 Å². The minimum absolute atomic E-state index is 0.101. The molecule has 28 heavy (non-hydrogen) atoms. The van der Waals surface area contributed by atoms with E-state index in [1.165, 1.54) is 4.90 Å². The maximum atomic E-state index is 12.6. The highest BCUT2D eigenvalue weighted by Crippen LogP contribution is 2.22. The molecule has 1 saturated heterocycles. The van der Waals surface area contributed by atoms with Gasteiger partial charge in [-0.2, -0.15) is 0 Å². The molecule has 3 rings (SSSR count). The van der Waals surface area contributed by atoms with Crippen molar-refractivity contribution in [3.63, 3.8) is 0 Å². The van der Waals surface area contributed by atoms with Gasteiger partial charge in [0, 0.05) is 22.6 Å². The number of H-pyrrole nitrogens is 1. The number of aromatic amines is 1. The number of nitrogens with one attached hydrogen (secondary N) is 3. The molecule has 0 bridgehead atoms. The summed E-state index contributed by atoms with van der Waals surface area (Å²) >= 11 is 11.8. The predicted octanol–water partition coefficient (Wildman–Crippen LogP) is 1.10. The van der Waals surface area contributed by atoms with Crippen LogP contribution in [0, 0.1) is 6.92 Å². The number of morpholine rings is 1. The van der Waals surface area contributed by atoms with Crippen molar-refractivity contribution in [2.24, 2.45) is 0 Å². The van der Waals surface area contributed by atoms with Gasteiger partial charge in [0.25, 0.3) is 5.56 Å². The van der Waals surface area contributed by atoms with Gasteiger partial charge in [-0.15, -0.1) is 0 Å². The van der Waals surface area contributed by atoms with Crippen LogP contribution in [0.5, 0.6) is 0 Å². The molecule has 1 aromatic carbocycles. The summed E-state index contributed by atoms with van der Waals surface area (Å²) in [7, 11) is 0. The number of pyridine rings is 1. The number of rotatable bonds is 6. The number of halogens is 1. The molecular formula is C20H28ClN4O2S+. The summed E-state index contributed by atoms with van der Waals surface area (Å²) in [5, 5.41) is 5.53. The maximum absolute atomic E-state index is 12.6. The number of nitrogens with zero attached hydrogens (tertiary/aromatic N) is 1. The van der Waals surface area contributed by atoms with E-state index in [2.05, 4.69) is 15.2 Å². The first-order valence-electron chi connectivity index (χ1n) is 9.74. The summed E-state index contributed by atoms with van der Waals surface area (Å²) in [4.78, 5) is 19.2. The second kappa shape index (κ2) is 9.69. The summed E-state index contributed by atoms with van der Waals surface area (Å²) in [6.45, 7) is 10.6. The van der Waals surface area contributed by atoms with Crippen LogP contribution in [0.25, 0.3) is 10.9 Å². The molecule has 0 spiro atoms. The van der Waals surface area contributed by atoms with E-state index >= 15 is 0 Å². The van der Waals surface area contributed by atoms with Crippen molar-refractivity contribution in [1.82, 2.24) is 15.2 Å². The Morgan fingerprint density at radius 2 is 2.11 bits per heavy atom. The Kier molecular flexibility index (Phi) is 7.29. The van der Waals surface area contributed by atoms with Crippen LogP contribution in [-0.2, 0) is 11.3 Å². The first-order valence-corrected chi connectivity index (χ1v) is 10.5. The van der Waals surface area contributed by atoms with Gasteiger partial charge in [0.05, 0.1) is 32.8 Å². The molecule has 152 valence electrons. The van der Waals surface area contributed by atoms with Gasteiger partial charge in [-0.05, 0) is 55.2 Å². The zero-order valence-electron chi connectivity index (χ0n) is 16.4. The Morgan fingerprint density at radius 3 is 2.82 bits per heavy atom. The molecule has 2 heterocycles. The van der Waals surface area contributed by atoms with Gasteiger partial charge in [-0.1, -0.05) is 11.6 Å². The number of thiocarbonyl (C=S) groups is 1. The molecule has 1 aliphatic heterocycles. The zero-order valence-corrected chi connectivity index (χ0v) is 18.0. The zero-order chi connectivity index (χ0) is 20.1. The number of aromatic nitrogens is 1. The third kappa shape index (κ3) is 5.23. The van der Waals surface area contributed by atoms with Crippen LogP contribution < -0.4 is 15.8 Å². The number of ether oxygens (including phenoxy) is 1. The molecule has 6 nitrogen and oxygen atoms in total. The highest BCUT2D eigenvalue weighted by Gasteiger charge is 2.18. The number of quaternary nitrogens is 1. The molecule has 0 saturated carbocycles. The van der Waals surface area contributed by atoms with Crippen LogP contribution in [0.3, 0.4) is 0 Å². The summed E-state index contributed by atoms with van der Waals surface area (Å²) in [5.74, 6) is 0. The Balaban J connectivity index is 1.80. The molecule has 0 atom stereocenters. The molecule has 0 amide bonds. The van der Waals surface area contributed by atoms with Crippen molar-refractivity contribution in [1.29, 1.82) is 0 Å². The number of benzene rings is 1. The Labute approximate surface area is 175 Å². The van der Waals surface area contributed by atoms with Crippen LogP contribution in [0.15, 0.2) is 23.0 Å². The fraction of sp³-hybridized carbons (Fsp3) is 0.500. The van der Waals surface area contributed by atoms with E-state index in [4.69, 9.17) is 28.6 Å². The number of hydrogen-bond acceptors (Lipinski definition) is 3. The lowest BCUT2D eigenvalue weighted by Gasteiger charge is -2.29. The quantitative estimate of drug-likeness (QED) is 0.607. The first kappa shape index (κ1) is 21.0. The van der Waals surface area contributed by atoms with Crippen LogP contribution in [0.4, 0.5) is 0 Å². The van der Waals surface area contributed by atoms with Gasteiger partial charge in [-0.25, -0.2) is 0 Å². The minimum atomic E-state index is -0.101. The van der Waals surface area contributed by atoms with Crippen molar-refractivity contribution in [3.05, 3.63) is 44.7 Å². The Bertz CT molecular complexity index is 896. The SMILES string of the molecule is CCNC(=S)N(CC[NH+]1CCOCC1)Cc1cc2cc(C)c(Cl)cc2[nH]c1=O. The predicted molar refractivity (Wildman–Crippen MR) is 117 cm³/mol. The van der Waals surface area contributed by atoms with E-state index in [1.54, 1.807) is 6.07 Å². The summed E-state index contributed by atoms with van der Waals surface area (Å²) in [6.07, 6.45) is 0. The molecular weight excluding hydrogens is 396 g/mol. The number of fused-ring (bicyclic) bond motifs is 1. The Morgan fingerprint density at radius 1 is 1.36 bits per heavy atom. The van der Waals surface area contributed by atoms with Gasteiger partial charge >= 0.3 is 0 Å². The van der Waals surface area contributed by atoms with E-state index in [0.29, 0.717) is 22.2 Å². The standard InChI is InChI=1S/C20H27ClN4O2S/c1-3-22-20(28)25(5-4-24-6-8-27-9-7-24)13-16-11-15-10-14(2)17(21)12-18(15)23-19(16)26/h10-12H,3-9,13H2,1-2H3,(H,22,28)(H,23,26)/p+1. The monoisotopic (exact) mass is 423 g/mol. The Hall–Kier alpha value is -1.67. The van der Waals surface area contributed by atoms with Gasteiger partial charge < -0.3 is 24.8 Å². The highest BCUT2D eigenvalue weighted by molar-refractivity contribution is 7.80. The second-order valence-corrected chi connectivity index (χ2v) is 7.98. The normalized spacial score (nSPS) is 15.0. The van der Waals surface area contributed by atoms with Crippen molar-refractivity contribution >= 4 is 39.8 Å². The second-order valence-electron chi connectivity index (χ2n) is 7.18. The molecule has 2 aromatic rings. The molecule has 1 aliphatic rings. The maximum Gasteiger partial charge on any atom is 0.253 e. The van der Waals surface area contributed by atoms with Gasteiger partial charge in [0.2, 0.25) is 0 Å². The summed E-state index contributed by atoms with van der Waals surface area (Å²) in [5.41, 5.74) is 2.34. The number of hydrogen-bond donors (Lipinski definition) is 3. The molecule has 0 radical (unpaired) electrons. The highest BCUT2D eigenvalue weighted by atomic mass is 35.5. The van der Waals surface area contributed by atoms with Crippen molar-refractivity contribution in [2.45, 2.75) is 20.4 Å². The topological polar surface area (TPSA) is 61.8 Å². The van der Waals surface area contributed by atoms with Crippen molar-refractivity contribution in [3.8, 4) is 0 Å². The summed E-state index contributed by atoms with van der Waals surface area (Å²) in [6, 6.07) is 5.75. The van der Waals surface area contributed by atoms with E-state index in [9.17, 15) is 4.79 Å². The number of aryl methyl sites for hydroxylation is 1. The van der Waals surface area contributed by atoms with Gasteiger partial charge in [-0.3, -0.25) is 4.79 Å². The third-order valence-electron chi connectivity index (χ3n) is 5.11. The minimum Gasteiger partial charge on any atom is -0.370 e. The van der Waals surface area contributed by atoms with E-state index in [-0.39, 0.29) is 5.56 Å². The fourth-order valence-corrected chi connectivity index (χ4v) is 3.89. The largest absolute Gasteiger partial charge is 0.370 e.